The van der Waals surface area contributed by atoms with Gasteiger partial charge in [-0.05, 0) is 19.3 Å². The van der Waals surface area contributed by atoms with Gasteiger partial charge < -0.3 is 0 Å². The fourth-order valence-corrected chi connectivity index (χ4v) is 0.922. The predicted molar refractivity (Wildman–Crippen MR) is 51.6 cm³/mol. The molecule has 0 heterocycles. The summed E-state index contributed by atoms with van der Waals surface area (Å²) in [6, 6.07) is 0. The van der Waals surface area contributed by atoms with Crippen molar-refractivity contribution in [1.29, 1.82) is 0 Å². The largest absolute Gasteiger partial charge is 0.0888 e. The molecule has 0 rings (SSSR count). The summed E-state index contributed by atoms with van der Waals surface area (Å²) in [6.07, 6.45) is 12.3. The summed E-state index contributed by atoms with van der Waals surface area (Å²) in [5.41, 5.74) is 0. The van der Waals surface area contributed by atoms with E-state index in [-0.39, 0.29) is 0 Å². The lowest BCUT2D eigenvalue weighted by molar-refractivity contribution is 1.04. The lowest BCUT2D eigenvalue weighted by Crippen LogP contribution is -1.65. The van der Waals surface area contributed by atoms with E-state index in [1.165, 1.54) is 12.8 Å². The molecule has 0 unspecified atom stereocenters. The number of unbranched alkanes of at least 4 members (excludes halogenated alkanes) is 1. The average Bonchev–Trinajstić information content (AvgIpc) is 1.97. The fraction of sp³-hybridized carbons (Fsp3) is 0.556. The Kier molecular flexibility index (Phi) is 8.92. The molecule has 0 nitrogen and oxygen atoms in total. The summed E-state index contributed by atoms with van der Waals surface area (Å²) in [7, 11) is 0. The summed E-state index contributed by atoms with van der Waals surface area (Å²) in [6.45, 7) is 2.16. The summed E-state index contributed by atoms with van der Waals surface area (Å²) in [5.74, 6) is 0. The van der Waals surface area contributed by atoms with E-state index in [2.05, 4.69) is 47.2 Å². The molecule has 10 heavy (non-hydrogen) atoms. The van der Waals surface area contributed by atoms with E-state index in [0.29, 0.717) is 0 Å². The van der Waals surface area contributed by atoms with Gasteiger partial charge in [-0.25, -0.2) is 0 Å². The third-order valence-corrected chi connectivity index (χ3v) is 1.53. The van der Waals surface area contributed by atoms with E-state index in [1.807, 2.05) is 0 Å². The van der Waals surface area contributed by atoms with Gasteiger partial charge in [-0.15, -0.1) is 0 Å². The van der Waals surface area contributed by atoms with Gasteiger partial charge in [-0.1, -0.05) is 47.2 Å². The molecule has 0 spiro atoms. The minimum atomic E-state index is 0.977. The summed E-state index contributed by atoms with van der Waals surface area (Å²) < 4.78 is 0. The second-order valence-corrected chi connectivity index (χ2v) is 2.73. The van der Waals surface area contributed by atoms with Crippen LogP contribution < -0.4 is 0 Å². The first kappa shape index (κ1) is 9.96. The Morgan fingerprint density at radius 2 is 1.60 bits per heavy atom. The summed E-state index contributed by atoms with van der Waals surface area (Å²) in [4.78, 5) is 0. The number of halogens is 1. The molecule has 0 radical (unpaired) electrons. The first-order chi connectivity index (χ1) is 4.91. The summed E-state index contributed by atoms with van der Waals surface area (Å²) in [5, 5.41) is 0.977. The van der Waals surface area contributed by atoms with E-state index in [9.17, 15) is 0 Å². The van der Waals surface area contributed by atoms with Crippen LogP contribution >= 0.6 is 15.9 Å². The molecule has 0 fully saturated rings. The van der Waals surface area contributed by atoms with Crippen LogP contribution in [0, 0.1) is 0 Å². The van der Waals surface area contributed by atoms with E-state index in [0.717, 1.165) is 11.8 Å². The Morgan fingerprint density at radius 3 is 2.10 bits per heavy atom. The lowest BCUT2D eigenvalue weighted by Gasteiger charge is -1.84. The van der Waals surface area contributed by atoms with Crippen molar-refractivity contribution < 1.29 is 0 Å². The maximum absolute atomic E-state index is 3.33. The SMILES string of the molecule is CC/C=C\CC/C=C/CBr. The number of hydrogen-bond donors (Lipinski definition) is 0. The Hall–Kier alpha value is -0.0400. The molecule has 1 heteroatoms. The van der Waals surface area contributed by atoms with Crippen molar-refractivity contribution in [3.05, 3.63) is 24.3 Å². The molecule has 0 aliphatic heterocycles. The van der Waals surface area contributed by atoms with E-state index >= 15 is 0 Å². The number of alkyl halides is 1. The van der Waals surface area contributed by atoms with E-state index in [1.54, 1.807) is 0 Å². The molecule has 0 aromatic heterocycles. The highest BCUT2D eigenvalue weighted by Crippen LogP contribution is 1.94. The molecule has 0 aliphatic carbocycles. The van der Waals surface area contributed by atoms with Gasteiger partial charge in [0.2, 0.25) is 0 Å². The third-order valence-electron chi connectivity index (χ3n) is 1.16. The van der Waals surface area contributed by atoms with Gasteiger partial charge >= 0.3 is 0 Å². The quantitative estimate of drug-likeness (QED) is 0.363. The van der Waals surface area contributed by atoms with Crippen molar-refractivity contribution in [2.24, 2.45) is 0 Å². The highest BCUT2D eigenvalue weighted by Gasteiger charge is 1.74. The van der Waals surface area contributed by atoms with Gasteiger partial charge in [0.15, 0.2) is 0 Å². The zero-order valence-electron chi connectivity index (χ0n) is 6.52. The molecular formula is C9H15Br. The topological polar surface area (TPSA) is 0 Å². The predicted octanol–water partition coefficient (Wildman–Crippen LogP) is 3.68. The minimum Gasteiger partial charge on any atom is -0.0888 e. The molecule has 0 bridgehead atoms. The van der Waals surface area contributed by atoms with Crippen LogP contribution in [0.1, 0.15) is 26.2 Å². The maximum Gasteiger partial charge on any atom is 0.0212 e. The second kappa shape index (κ2) is 8.96. The van der Waals surface area contributed by atoms with Crippen molar-refractivity contribution in [3.8, 4) is 0 Å². The van der Waals surface area contributed by atoms with Crippen molar-refractivity contribution in [3.63, 3.8) is 0 Å². The number of allylic oxidation sites excluding steroid dienone is 4. The molecule has 0 N–H and O–H groups in total. The lowest BCUT2D eigenvalue weighted by atomic mass is 10.2. The fourth-order valence-electron chi connectivity index (χ4n) is 0.658. The molecule has 0 saturated heterocycles. The molecule has 0 aromatic carbocycles. The van der Waals surface area contributed by atoms with Crippen LogP contribution in [0.2, 0.25) is 0 Å². The van der Waals surface area contributed by atoms with Gasteiger partial charge in [-0.3, -0.25) is 0 Å². The first-order valence-corrected chi connectivity index (χ1v) is 4.90. The zero-order chi connectivity index (χ0) is 7.66. The van der Waals surface area contributed by atoms with Gasteiger partial charge in [0.05, 0.1) is 0 Å². The van der Waals surface area contributed by atoms with Crippen molar-refractivity contribution in [1.82, 2.24) is 0 Å². The standard InChI is InChI=1S/C9H15Br/c1-2-3-4-5-6-7-8-9-10/h3-4,7-8H,2,5-6,9H2,1H3/b4-3-,8-7+. The van der Waals surface area contributed by atoms with Gasteiger partial charge in [0.25, 0.3) is 0 Å². The normalized spacial score (nSPS) is 11.8. The first-order valence-electron chi connectivity index (χ1n) is 3.77. The Labute approximate surface area is 72.1 Å². The molecule has 0 aromatic rings. The Bertz CT molecular complexity index is 89.3. The molecule has 0 atom stereocenters. The van der Waals surface area contributed by atoms with Crippen LogP contribution in [0.3, 0.4) is 0 Å². The molecule has 0 aliphatic rings. The summed E-state index contributed by atoms with van der Waals surface area (Å²) >= 11 is 3.33. The molecule has 0 saturated carbocycles. The highest BCUT2D eigenvalue weighted by atomic mass is 79.9. The van der Waals surface area contributed by atoms with Crippen LogP contribution in [0.4, 0.5) is 0 Å². The molecule has 0 amide bonds. The zero-order valence-corrected chi connectivity index (χ0v) is 8.10. The van der Waals surface area contributed by atoms with E-state index < -0.39 is 0 Å². The monoisotopic (exact) mass is 202 g/mol. The van der Waals surface area contributed by atoms with Crippen LogP contribution in [-0.2, 0) is 0 Å². The Balaban J connectivity index is 3.04. The van der Waals surface area contributed by atoms with Crippen LogP contribution in [0.15, 0.2) is 24.3 Å². The smallest absolute Gasteiger partial charge is 0.0212 e. The van der Waals surface area contributed by atoms with Gasteiger partial charge in [0.1, 0.15) is 0 Å². The number of hydrogen-bond acceptors (Lipinski definition) is 0. The molecule has 58 valence electrons. The van der Waals surface area contributed by atoms with Crippen LogP contribution in [0.5, 0.6) is 0 Å². The second-order valence-electron chi connectivity index (χ2n) is 2.08. The van der Waals surface area contributed by atoms with Gasteiger partial charge in [-0.2, -0.15) is 0 Å². The van der Waals surface area contributed by atoms with Gasteiger partial charge in [0, 0.05) is 5.33 Å². The Morgan fingerprint density at radius 1 is 1.00 bits per heavy atom. The molecular weight excluding hydrogens is 188 g/mol. The van der Waals surface area contributed by atoms with E-state index in [4.69, 9.17) is 0 Å². The highest BCUT2D eigenvalue weighted by molar-refractivity contribution is 9.09. The van der Waals surface area contributed by atoms with Crippen LogP contribution in [0.25, 0.3) is 0 Å². The third kappa shape index (κ3) is 7.96. The van der Waals surface area contributed by atoms with Crippen molar-refractivity contribution >= 4 is 15.9 Å². The van der Waals surface area contributed by atoms with Crippen molar-refractivity contribution in [2.45, 2.75) is 26.2 Å². The maximum atomic E-state index is 3.33. The van der Waals surface area contributed by atoms with Crippen molar-refractivity contribution in [2.75, 3.05) is 5.33 Å². The minimum absolute atomic E-state index is 0.977. The van der Waals surface area contributed by atoms with Crippen LogP contribution in [-0.4, -0.2) is 5.33 Å². The average molecular weight is 203 g/mol. The number of rotatable bonds is 5.